The van der Waals surface area contributed by atoms with Crippen molar-refractivity contribution in [2.24, 2.45) is 0 Å². The van der Waals surface area contributed by atoms with Crippen molar-refractivity contribution in [3.05, 3.63) is 53.6 Å². The highest BCUT2D eigenvalue weighted by atomic mass is 16.5. The van der Waals surface area contributed by atoms with Gasteiger partial charge < -0.3 is 19.1 Å². The molecule has 0 bridgehead atoms. The molecule has 0 atom stereocenters. The molecule has 1 heterocycles. The summed E-state index contributed by atoms with van der Waals surface area (Å²) in [5.41, 5.74) is 1.79. The number of amides is 1. The smallest absolute Gasteiger partial charge is 0.257 e. The first-order valence-electron chi connectivity index (χ1n) is 9.60. The van der Waals surface area contributed by atoms with Gasteiger partial charge in [-0.3, -0.25) is 9.69 Å². The van der Waals surface area contributed by atoms with E-state index < -0.39 is 0 Å². The Morgan fingerprint density at radius 3 is 2.21 bits per heavy atom. The first kappa shape index (κ1) is 20.0. The summed E-state index contributed by atoms with van der Waals surface area (Å²) in [6, 6.07) is 13.5. The lowest BCUT2D eigenvalue weighted by Crippen LogP contribution is -2.48. The van der Waals surface area contributed by atoms with Gasteiger partial charge in [-0.15, -0.1) is 0 Å². The van der Waals surface area contributed by atoms with Crippen LogP contribution in [-0.2, 0) is 6.54 Å². The van der Waals surface area contributed by atoms with Crippen molar-refractivity contribution in [2.75, 3.05) is 47.0 Å². The van der Waals surface area contributed by atoms with Crippen molar-refractivity contribution in [3.8, 4) is 17.2 Å². The second kappa shape index (κ2) is 9.46. The summed E-state index contributed by atoms with van der Waals surface area (Å²) in [6.07, 6.45) is 0. The van der Waals surface area contributed by atoms with Crippen LogP contribution in [0.3, 0.4) is 0 Å². The van der Waals surface area contributed by atoms with E-state index in [-0.39, 0.29) is 5.91 Å². The van der Waals surface area contributed by atoms with Crippen LogP contribution in [0.1, 0.15) is 22.8 Å². The standard InChI is InChI=1S/C22H28N2O4/c1-4-28-18-7-5-17(6-8-18)16-23-11-13-24(14-12-23)22(25)20-15-19(26-2)9-10-21(20)27-3/h5-10,15H,4,11-14,16H2,1-3H3. The maximum absolute atomic E-state index is 13.0. The number of methoxy groups -OCH3 is 2. The van der Waals surface area contributed by atoms with Crippen molar-refractivity contribution in [3.63, 3.8) is 0 Å². The number of rotatable bonds is 7. The number of piperazine rings is 1. The molecule has 150 valence electrons. The molecule has 0 N–H and O–H groups in total. The van der Waals surface area contributed by atoms with E-state index in [1.165, 1.54) is 5.56 Å². The summed E-state index contributed by atoms with van der Waals surface area (Å²) >= 11 is 0. The zero-order chi connectivity index (χ0) is 19.9. The molecular weight excluding hydrogens is 356 g/mol. The van der Waals surface area contributed by atoms with E-state index in [1.54, 1.807) is 32.4 Å². The van der Waals surface area contributed by atoms with Crippen molar-refractivity contribution in [1.29, 1.82) is 0 Å². The molecule has 3 rings (SSSR count). The van der Waals surface area contributed by atoms with Gasteiger partial charge in [-0.05, 0) is 42.8 Å². The van der Waals surface area contributed by atoms with Crippen LogP contribution < -0.4 is 14.2 Å². The van der Waals surface area contributed by atoms with Crippen molar-refractivity contribution in [2.45, 2.75) is 13.5 Å². The Balaban J connectivity index is 1.58. The molecule has 6 nitrogen and oxygen atoms in total. The second-order valence-electron chi connectivity index (χ2n) is 6.71. The van der Waals surface area contributed by atoms with Gasteiger partial charge in [0, 0.05) is 32.7 Å². The van der Waals surface area contributed by atoms with E-state index in [9.17, 15) is 4.79 Å². The van der Waals surface area contributed by atoms with Gasteiger partial charge >= 0.3 is 0 Å². The quantitative estimate of drug-likeness (QED) is 0.734. The molecule has 1 fully saturated rings. The van der Waals surface area contributed by atoms with Gasteiger partial charge in [0.2, 0.25) is 0 Å². The Morgan fingerprint density at radius 2 is 1.61 bits per heavy atom. The van der Waals surface area contributed by atoms with Gasteiger partial charge in [0.05, 0.1) is 26.4 Å². The van der Waals surface area contributed by atoms with E-state index in [2.05, 4.69) is 17.0 Å². The maximum atomic E-state index is 13.0. The van der Waals surface area contributed by atoms with Crippen molar-refractivity contribution < 1.29 is 19.0 Å². The Bertz CT molecular complexity index is 784. The van der Waals surface area contributed by atoms with Crippen LogP contribution in [0.4, 0.5) is 0 Å². The van der Waals surface area contributed by atoms with Gasteiger partial charge in [-0.2, -0.15) is 0 Å². The summed E-state index contributed by atoms with van der Waals surface area (Å²) in [7, 11) is 3.17. The molecule has 0 aliphatic carbocycles. The lowest BCUT2D eigenvalue weighted by Gasteiger charge is -2.35. The topological polar surface area (TPSA) is 51.2 Å². The predicted molar refractivity (Wildman–Crippen MR) is 108 cm³/mol. The highest BCUT2D eigenvalue weighted by molar-refractivity contribution is 5.97. The van der Waals surface area contributed by atoms with Gasteiger partial charge in [-0.1, -0.05) is 12.1 Å². The molecule has 1 amide bonds. The third kappa shape index (κ3) is 4.75. The van der Waals surface area contributed by atoms with Crippen molar-refractivity contribution in [1.82, 2.24) is 9.80 Å². The number of carbonyl (C=O) groups excluding carboxylic acids is 1. The monoisotopic (exact) mass is 384 g/mol. The summed E-state index contributed by atoms with van der Waals surface area (Å²) in [5, 5.41) is 0. The lowest BCUT2D eigenvalue weighted by molar-refractivity contribution is 0.0625. The number of benzene rings is 2. The molecule has 0 spiro atoms. The van der Waals surface area contributed by atoms with E-state index >= 15 is 0 Å². The zero-order valence-electron chi connectivity index (χ0n) is 16.8. The molecule has 28 heavy (non-hydrogen) atoms. The Hall–Kier alpha value is -2.73. The predicted octanol–water partition coefficient (Wildman–Crippen LogP) is 3.06. The Kier molecular flexibility index (Phi) is 6.76. The minimum Gasteiger partial charge on any atom is -0.497 e. The van der Waals surface area contributed by atoms with Crippen LogP contribution >= 0.6 is 0 Å². The average Bonchev–Trinajstić information content (AvgIpc) is 2.75. The third-order valence-corrected chi connectivity index (χ3v) is 4.94. The fourth-order valence-electron chi connectivity index (χ4n) is 3.38. The lowest BCUT2D eigenvalue weighted by atomic mass is 10.1. The van der Waals surface area contributed by atoms with E-state index in [1.807, 2.05) is 24.0 Å². The summed E-state index contributed by atoms with van der Waals surface area (Å²) in [5.74, 6) is 2.10. The molecule has 0 unspecified atom stereocenters. The number of carbonyl (C=O) groups is 1. The van der Waals surface area contributed by atoms with Gasteiger partial charge in [-0.25, -0.2) is 0 Å². The fraction of sp³-hybridized carbons (Fsp3) is 0.409. The molecule has 6 heteroatoms. The molecule has 1 aliphatic rings. The SMILES string of the molecule is CCOc1ccc(CN2CCN(C(=O)c3cc(OC)ccc3OC)CC2)cc1. The van der Waals surface area contributed by atoms with Crippen LogP contribution in [0.2, 0.25) is 0 Å². The second-order valence-corrected chi connectivity index (χ2v) is 6.71. The van der Waals surface area contributed by atoms with E-state index in [0.29, 0.717) is 36.8 Å². The van der Waals surface area contributed by atoms with E-state index in [0.717, 1.165) is 25.4 Å². The fourth-order valence-corrected chi connectivity index (χ4v) is 3.38. The van der Waals surface area contributed by atoms with Crippen LogP contribution in [-0.4, -0.2) is 62.7 Å². The zero-order valence-corrected chi connectivity index (χ0v) is 16.8. The molecule has 0 saturated carbocycles. The highest BCUT2D eigenvalue weighted by Gasteiger charge is 2.24. The molecule has 0 radical (unpaired) electrons. The largest absolute Gasteiger partial charge is 0.497 e. The van der Waals surface area contributed by atoms with Gasteiger partial charge in [0.25, 0.3) is 5.91 Å². The Morgan fingerprint density at radius 1 is 0.929 bits per heavy atom. The number of ether oxygens (including phenoxy) is 3. The maximum Gasteiger partial charge on any atom is 0.257 e. The summed E-state index contributed by atoms with van der Waals surface area (Å²) in [4.78, 5) is 17.2. The molecule has 1 aliphatic heterocycles. The molecule has 2 aromatic carbocycles. The normalized spacial score (nSPS) is 14.6. The summed E-state index contributed by atoms with van der Waals surface area (Å²) < 4.78 is 16.1. The van der Waals surface area contributed by atoms with Crippen molar-refractivity contribution >= 4 is 5.91 Å². The third-order valence-electron chi connectivity index (χ3n) is 4.94. The number of hydrogen-bond donors (Lipinski definition) is 0. The van der Waals surface area contributed by atoms with Crippen LogP contribution in [0, 0.1) is 0 Å². The summed E-state index contributed by atoms with van der Waals surface area (Å²) in [6.45, 7) is 6.59. The molecule has 1 saturated heterocycles. The van der Waals surface area contributed by atoms with Crippen LogP contribution in [0.5, 0.6) is 17.2 Å². The van der Waals surface area contributed by atoms with Gasteiger partial charge in [0.1, 0.15) is 17.2 Å². The minimum atomic E-state index is -0.0172. The Labute approximate surface area is 166 Å². The highest BCUT2D eigenvalue weighted by Crippen LogP contribution is 2.26. The van der Waals surface area contributed by atoms with E-state index in [4.69, 9.17) is 14.2 Å². The number of hydrogen-bond acceptors (Lipinski definition) is 5. The van der Waals surface area contributed by atoms with Crippen LogP contribution in [0.15, 0.2) is 42.5 Å². The number of nitrogens with zero attached hydrogens (tertiary/aromatic N) is 2. The average molecular weight is 384 g/mol. The first-order chi connectivity index (χ1) is 13.6. The molecule has 0 aromatic heterocycles. The van der Waals surface area contributed by atoms with Gasteiger partial charge in [0.15, 0.2) is 0 Å². The van der Waals surface area contributed by atoms with Crippen LogP contribution in [0.25, 0.3) is 0 Å². The molecule has 2 aromatic rings. The minimum absolute atomic E-state index is 0.0172. The molecular formula is C22H28N2O4. The first-order valence-corrected chi connectivity index (χ1v) is 9.60.